The number of hydrogen-bond acceptors (Lipinski definition) is 2. The molecule has 2 aliphatic rings. The van der Waals surface area contributed by atoms with Crippen LogP contribution in [0.25, 0.3) is 0 Å². The Labute approximate surface area is 99.7 Å². The molecule has 0 bridgehead atoms. The molecule has 0 spiro atoms. The maximum atomic E-state index is 5.85. The molecule has 2 heteroatoms. The first-order valence-electron chi connectivity index (χ1n) is 7.07. The monoisotopic (exact) mass is 226 g/mol. The first-order chi connectivity index (χ1) is 7.88. The van der Waals surface area contributed by atoms with E-state index in [4.69, 9.17) is 9.47 Å². The van der Waals surface area contributed by atoms with Gasteiger partial charge in [-0.05, 0) is 56.8 Å². The van der Waals surface area contributed by atoms with Crippen molar-refractivity contribution in [2.45, 2.75) is 58.0 Å². The van der Waals surface area contributed by atoms with Crippen LogP contribution in [-0.4, -0.2) is 25.9 Å². The molecule has 3 atom stereocenters. The molecular weight excluding hydrogens is 200 g/mol. The van der Waals surface area contributed by atoms with E-state index in [1.165, 1.54) is 44.9 Å². The van der Waals surface area contributed by atoms with E-state index < -0.39 is 0 Å². The van der Waals surface area contributed by atoms with Gasteiger partial charge in [-0.2, -0.15) is 0 Å². The Morgan fingerprint density at radius 3 is 2.38 bits per heavy atom. The minimum absolute atomic E-state index is 0.550. The lowest BCUT2D eigenvalue weighted by Gasteiger charge is -2.30. The molecule has 16 heavy (non-hydrogen) atoms. The summed E-state index contributed by atoms with van der Waals surface area (Å²) in [6, 6.07) is 0. The summed E-state index contributed by atoms with van der Waals surface area (Å²) in [5, 5.41) is 0. The molecule has 0 aliphatic carbocycles. The van der Waals surface area contributed by atoms with E-state index in [-0.39, 0.29) is 0 Å². The Hall–Kier alpha value is -0.0800. The van der Waals surface area contributed by atoms with Crippen molar-refractivity contribution in [1.82, 2.24) is 0 Å². The maximum Gasteiger partial charge on any atom is 0.0572 e. The Morgan fingerprint density at radius 2 is 1.81 bits per heavy atom. The highest BCUT2D eigenvalue weighted by molar-refractivity contribution is 4.72. The Bertz CT molecular complexity index is 179. The highest BCUT2D eigenvalue weighted by Crippen LogP contribution is 2.27. The predicted octanol–water partition coefficient (Wildman–Crippen LogP) is 3.40. The summed E-state index contributed by atoms with van der Waals surface area (Å²) in [6.07, 6.45) is 9.75. The predicted molar refractivity (Wildman–Crippen MR) is 65.5 cm³/mol. The summed E-state index contributed by atoms with van der Waals surface area (Å²) in [6.45, 7) is 5.23. The first-order valence-corrected chi connectivity index (χ1v) is 7.07. The van der Waals surface area contributed by atoms with Crippen molar-refractivity contribution in [3.8, 4) is 0 Å². The Balaban J connectivity index is 1.59. The highest BCUT2D eigenvalue weighted by Gasteiger charge is 2.22. The molecule has 94 valence electrons. The van der Waals surface area contributed by atoms with Gasteiger partial charge in [0.15, 0.2) is 0 Å². The van der Waals surface area contributed by atoms with Gasteiger partial charge >= 0.3 is 0 Å². The fourth-order valence-corrected chi connectivity index (χ4v) is 2.92. The minimum Gasteiger partial charge on any atom is -0.381 e. The number of hydrogen-bond donors (Lipinski definition) is 0. The Morgan fingerprint density at radius 1 is 1.00 bits per heavy atom. The van der Waals surface area contributed by atoms with Crippen LogP contribution < -0.4 is 0 Å². The smallest absolute Gasteiger partial charge is 0.0572 e. The van der Waals surface area contributed by atoms with Gasteiger partial charge in [-0.1, -0.05) is 6.92 Å². The van der Waals surface area contributed by atoms with Gasteiger partial charge in [-0.15, -0.1) is 0 Å². The zero-order valence-electron chi connectivity index (χ0n) is 10.6. The van der Waals surface area contributed by atoms with Gasteiger partial charge in [-0.3, -0.25) is 0 Å². The van der Waals surface area contributed by atoms with Crippen molar-refractivity contribution in [2.24, 2.45) is 11.8 Å². The van der Waals surface area contributed by atoms with Crippen LogP contribution in [-0.2, 0) is 9.47 Å². The van der Waals surface area contributed by atoms with E-state index in [0.717, 1.165) is 31.7 Å². The number of ether oxygens (including phenoxy) is 2. The topological polar surface area (TPSA) is 18.5 Å². The Kier molecular flexibility index (Phi) is 5.11. The zero-order valence-corrected chi connectivity index (χ0v) is 10.6. The van der Waals surface area contributed by atoms with E-state index in [1.807, 2.05) is 0 Å². The standard InChI is InChI=1S/C14H26O2/c1-2-14-8-7-13(11-16-14)6-5-12-4-3-9-15-10-12/h12-14H,2-11H2,1H3. The minimum atomic E-state index is 0.550. The van der Waals surface area contributed by atoms with Gasteiger partial charge in [0.1, 0.15) is 0 Å². The number of rotatable bonds is 4. The summed E-state index contributed by atoms with van der Waals surface area (Å²) < 4.78 is 11.4. The van der Waals surface area contributed by atoms with Crippen molar-refractivity contribution in [1.29, 1.82) is 0 Å². The van der Waals surface area contributed by atoms with Crippen molar-refractivity contribution in [3.63, 3.8) is 0 Å². The molecule has 0 aromatic heterocycles. The molecule has 2 fully saturated rings. The second-order valence-electron chi connectivity index (χ2n) is 5.47. The second kappa shape index (κ2) is 6.61. The van der Waals surface area contributed by atoms with E-state index in [0.29, 0.717) is 6.10 Å². The molecule has 0 amide bonds. The molecule has 2 aliphatic heterocycles. The molecule has 0 aromatic rings. The summed E-state index contributed by atoms with van der Waals surface area (Å²) in [7, 11) is 0. The van der Waals surface area contributed by atoms with Gasteiger partial charge in [0, 0.05) is 19.8 Å². The fourth-order valence-electron chi connectivity index (χ4n) is 2.92. The average molecular weight is 226 g/mol. The molecule has 2 heterocycles. The van der Waals surface area contributed by atoms with Crippen LogP contribution in [0.4, 0.5) is 0 Å². The zero-order chi connectivity index (χ0) is 11.2. The SMILES string of the molecule is CCC1CCC(CCC2CCCOC2)CO1. The van der Waals surface area contributed by atoms with Gasteiger partial charge in [0.25, 0.3) is 0 Å². The fraction of sp³-hybridized carbons (Fsp3) is 1.00. The third-order valence-corrected chi connectivity index (χ3v) is 4.16. The molecule has 0 saturated carbocycles. The first kappa shape index (κ1) is 12.4. The third-order valence-electron chi connectivity index (χ3n) is 4.16. The molecule has 0 radical (unpaired) electrons. The molecule has 3 unspecified atom stereocenters. The van der Waals surface area contributed by atoms with Crippen LogP contribution in [0.1, 0.15) is 51.9 Å². The van der Waals surface area contributed by atoms with Crippen molar-refractivity contribution in [3.05, 3.63) is 0 Å². The van der Waals surface area contributed by atoms with Gasteiger partial charge in [0.2, 0.25) is 0 Å². The van der Waals surface area contributed by atoms with Crippen molar-refractivity contribution < 1.29 is 9.47 Å². The van der Waals surface area contributed by atoms with Crippen LogP contribution >= 0.6 is 0 Å². The molecule has 0 aromatic carbocycles. The van der Waals surface area contributed by atoms with E-state index in [9.17, 15) is 0 Å². The van der Waals surface area contributed by atoms with Crippen LogP contribution in [0.2, 0.25) is 0 Å². The van der Waals surface area contributed by atoms with Gasteiger partial charge < -0.3 is 9.47 Å². The summed E-state index contributed by atoms with van der Waals surface area (Å²) >= 11 is 0. The van der Waals surface area contributed by atoms with Crippen molar-refractivity contribution in [2.75, 3.05) is 19.8 Å². The largest absolute Gasteiger partial charge is 0.381 e. The van der Waals surface area contributed by atoms with Crippen LogP contribution in [0.5, 0.6) is 0 Å². The lowest BCUT2D eigenvalue weighted by atomic mass is 9.88. The van der Waals surface area contributed by atoms with Gasteiger partial charge in [-0.25, -0.2) is 0 Å². The highest BCUT2D eigenvalue weighted by atomic mass is 16.5. The van der Waals surface area contributed by atoms with E-state index in [2.05, 4.69) is 6.92 Å². The van der Waals surface area contributed by atoms with Gasteiger partial charge in [0.05, 0.1) is 6.10 Å². The summed E-state index contributed by atoms with van der Waals surface area (Å²) in [5.74, 6) is 1.65. The van der Waals surface area contributed by atoms with E-state index >= 15 is 0 Å². The van der Waals surface area contributed by atoms with Crippen LogP contribution in [0.3, 0.4) is 0 Å². The maximum absolute atomic E-state index is 5.85. The quantitative estimate of drug-likeness (QED) is 0.731. The average Bonchev–Trinajstić information content (AvgIpc) is 2.38. The molecule has 2 saturated heterocycles. The molecule has 0 N–H and O–H groups in total. The summed E-state index contributed by atoms with van der Waals surface area (Å²) in [4.78, 5) is 0. The van der Waals surface area contributed by atoms with E-state index in [1.54, 1.807) is 0 Å². The second-order valence-corrected chi connectivity index (χ2v) is 5.47. The summed E-state index contributed by atoms with van der Waals surface area (Å²) in [5.41, 5.74) is 0. The van der Waals surface area contributed by atoms with Crippen molar-refractivity contribution >= 4 is 0 Å². The van der Waals surface area contributed by atoms with Crippen LogP contribution in [0.15, 0.2) is 0 Å². The normalized spacial score (nSPS) is 36.2. The lowest BCUT2D eigenvalue weighted by Crippen LogP contribution is -2.26. The molecule has 2 rings (SSSR count). The third kappa shape index (κ3) is 3.74. The molecule has 2 nitrogen and oxygen atoms in total. The lowest BCUT2D eigenvalue weighted by molar-refractivity contribution is -0.0232. The van der Waals surface area contributed by atoms with Crippen LogP contribution in [0, 0.1) is 11.8 Å². The molecular formula is C14H26O2.